The van der Waals surface area contributed by atoms with E-state index >= 15 is 0 Å². The number of pyridine rings is 1. The number of rotatable bonds is 5. The molecular weight excluding hydrogens is 248 g/mol. The number of hydrogen-bond donors (Lipinski definition) is 0. The topological polar surface area (TPSA) is 77.9 Å². The number of aryl methyl sites for hydroxylation is 1. The van der Waals surface area contributed by atoms with Crippen LogP contribution in [0.2, 0.25) is 0 Å². The molecule has 0 aliphatic rings. The van der Waals surface area contributed by atoms with E-state index in [-0.39, 0.29) is 19.0 Å². The van der Waals surface area contributed by atoms with Gasteiger partial charge in [0, 0.05) is 5.69 Å². The number of carbonyl (C=O) groups excluding carboxylic acids is 2. The maximum absolute atomic E-state index is 11.7. The van der Waals surface area contributed by atoms with Gasteiger partial charge in [-0.3, -0.25) is 0 Å². The molecule has 19 heavy (non-hydrogen) atoms. The quantitative estimate of drug-likeness (QED) is 0.458. The second-order valence-corrected chi connectivity index (χ2v) is 3.54. The summed E-state index contributed by atoms with van der Waals surface area (Å²) < 4.78 is 9.55. The van der Waals surface area contributed by atoms with Gasteiger partial charge in [0.05, 0.1) is 13.2 Å². The van der Waals surface area contributed by atoms with Crippen LogP contribution in [0.25, 0.3) is 0 Å². The van der Waals surface area contributed by atoms with Crippen LogP contribution in [0.1, 0.15) is 19.5 Å². The van der Waals surface area contributed by atoms with Crippen LogP contribution in [0.15, 0.2) is 23.2 Å². The number of ether oxygens (including phenoxy) is 2. The zero-order valence-corrected chi connectivity index (χ0v) is 11.2. The summed E-state index contributed by atoms with van der Waals surface area (Å²) in [5, 5.41) is 0. The number of nitrogens with zero attached hydrogens (tertiary/aromatic N) is 2. The van der Waals surface area contributed by atoms with Crippen LogP contribution in [-0.2, 0) is 19.1 Å². The van der Waals surface area contributed by atoms with E-state index in [2.05, 4.69) is 9.98 Å². The molecule has 0 saturated carbocycles. The van der Waals surface area contributed by atoms with Gasteiger partial charge in [0.2, 0.25) is 5.71 Å². The van der Waals surface area contributed by atoms with Gasteiger partial charge in [0.1, 0.15) is 0 Å². The summed E-state index contributed by atoms with van der Waals surface area (Å²) in [5.41, 5.74) is 0.329. The molecule has 0 spiro atoms. The van der Waals surface area contributed by atoms with Crippen LogP contribution in [0.4, 0.5) is 5.82 Å². The Hall–Kier alpha value is -2.24. The Balaban J connectivity index is 3.08. The van der Waals surface area contributed by atoms with Gasteiger partial charge >= 0.3 is 11.9 Å². The van der Waals surface area contributed by atoms with E-state index in [4.69, 9.17) is 9.47 Å². The lowest BCUT2D eigenvalue weighted by Gasteiger charge is -2.05. The molecule has 0 aliphatic carbocycles. The molecule has 1 aromatic heterocycles. The van der Waals surface area contributed by atoms with E-state index in [0.29, 0.717) is 0 Å². The molecule has 0 aliphatic heterocycles. The zero-order chi connectivity index (χ0) is 14.3. The van der Waals surface area contributed by atoms with Gasteiger partial charge in [-0.25, -0.2) is 19.6 Å². The fourth-order valence-electron chi connectivity index (χ4n) is 1.28. The van der Waals surface area contributed by atoms with E-state index in [9.17, 15) is 9.59 Å². The molecule has 0 N–H and O–H groups in total. The van der Waals surface area contributed by atoms with Gasteiger partial charge in [-0.05, 0) is 32.9 Å². The van der Waals surface area contributed by atoms with Gasteiger partial charge < -0.3 is 9.47 Å². The van der Waals surface area contributed by atoms with Gasteiger partial charge in [-0.2, -0.15) is 0 Å². The molecule has 102 valence electrons. The van der Waals surface area contributed by atoms with Crippen LogP contribution in [0.3, 0.4) is 0 Å². The minimum absolute atomic E-state index is 0.151. The van der Waals surface area contributed by atoms with E-state index in [1.807, 2.05) is 0 Å². The maximum atomic E-state index is 11.7. The van der Waals surface area contributed by atoms with Crippen molar-refractivity contribution in [2.45, 2.75) is 20.8 Å². The van der Waals surface area contributed by atoms with Crippen LogP contribution >= 0.6 is 0 Å². The van der Waals surface area contributed by atoms with Crippen LogP contribution in [0.5, 0.6) is 0 Å². The van der Waals surface area contributed by atoms with Crippen molar-refractivity contribution in [3.63, 3.8) is 0 Å². The molecule has 1 aromatic rings. The maximum Gasteiger partial charge on any atom is 0.364 e. The Morgan fingerprint density at radius 1 is 1.16 bits per heavy atom. The first-order valence-corrected chi connectivity index (χ1v) is 5.95. The van der Waals surface area contributed by atoms with Crippen molar-refractivity contribution in [1.29, 1.82) is 0 Å². The minimum atomic E-state index is -0.816. The second-order valence-electron chi connectivity index (χ2n) is 3.54. The van der Waals surface area contributed by atoms with E-state index in [1.54, 1.807) is 39.0 Å². The molecule has 1 heterocycles. The van der Waals surface area contributed by atoms with Gasteiger partial charge in [0.25, 0.3) is 0 Å². The third-order valence-electron chi connectivity index (χ3n) is 2.04. The third-order valence-corrected chi connectivity index (χ3v) is 2.04. The predicted molar refractivity (Wildman–Crippen MR) is 69.3 cm³/mol. The average molecular weight is 264 g/mol. The molecule has 0 bridgehead atoms. The number of carbonyl (C=O) groups is 2. The highest BCUT2D eigenvalue weighted by Crippen LogP contribution is 2.09. The van der Waals surface area contributed by atoms with Crippen molar-refractivity contribution >= 4 is 23.5 Å². The van der Waals surface area contributed by atoms with Crippen LogP contribution in [-0.4, -0.2) is 35.8 Å². The predicted octanol–water partition coefficient (Wildman–Crippen LogP) is 1.59. The minimum Gasteiger partial charge on any atom is -0.461 e. The van der Waals surface area contributed by atoms with Crippen LogP contribution in [0, 0.1) is 6.92 Å². The summed E-state index contributed by atoms with van der Waals surface area (Å²) >= 11 is 0. The van der Waals surface area contributed by atoms with Crippen molar-refractivity contribution in [1.82, 2.24) is 4.98 Å². The Morgan fingerprint density at radius 3 is 2.21 bits per heavy atom. The Labute approximate surface area is 111 Å². The lowest BCUT2D eigenvalue weighted by atomic mass is 10.3. The summed E-state index contributed by atoms with van der Waals surface area (Å²) in [7, 11) is 0. The fourth-order valence-corrected chi connectivity index (χ4v) is 1.28. The highest BCUT2D eigenvalue weighted by Gasteiger charge is 2.23. The first kappa shape index (κ1) is 14.8. The number of esters is 2. The number of hydrogen-bond acceptors (Lipinski definition) is 6. The number of aromatic nitrogens is 1. The van der Waals surface area contributed by atoms with Gasteiger partial charge in [-0.1, -0.05) is 6.07 Å². The summed E-state index contributed by atoms with van der Waals surface area (Å²) in [6.07, 6.45) is 0. The Kier molecular flexibility index (Phi) is 5.66. The van der Waals surface area contributed by atoms with Crippen molar-refractivity contribution in [3.8, 4) is 0 Å². The molecule has 0 amide bonds. The molecule has 0 radical (unpaired) electrons. The Bertz CT molecular complexity index is 477. The SMILES string of the molecule is CCOC(=O)C(=Nc1cccc(C)n1)C(=O)OCC. The first-order valence-electron chi connectivity index (χ1n) is 5.95. The second kappa shape index (κ2) is 7.25. The summed E-state index contributed by atoms with van der Waals surface area (Å²) in [6, 6.07) is 5.11. The van der Waals surface area contributed by atoms with E-state index < -0.39 is 17.7 Å². The normalized spacial score (nSPS) is 9.63. The van der Waals surface area contributed by atoms with Crippen molar-refractivity contribution in [3.05, 3.63) is 23.9 Å². The van der Waals surface area contributed by atoms with Gasteiger partial charge in [-0.15, -0.1) is 0 Å². The van der Waals surface area contributed by atoms with E-state index in [0.717, 1.165) is 5.69 Å². The molecule has 0 saturated heterocycles. The molecule has 0 atom stereocenters. The van der Waals surface area contributed by atoms with Crippen molar-refractivity contribution < 1.29 is 19.1 Å². The zero-order valence-electron chi connectivity index (χ0n) is 11.2. The largest absolute Gasteiger partial charge is 0.461 e. The monoisotopic (exact) mass is 264 g/mol. The molecule has 0 unspecified atom stereocenters. The lowest BCUT2D eigenvalue weighted by Crippen LogP contribution is -2.28. The summed E-state index contributed by atoms with van der Waals surface area (Å²) in [5.74, 6) is -1.37. The smallest absolute Gasteiger partial charge is 0.364 e. The van der Waals surface area contributed by atoms with Crippen molar-refractivity contribution in [2.75, 3.05) is 13.2 Å². The molecule has 0 fully saturated rings. The average Bonchev–Trinajstić information content (AvgIpc) is 2.36. The molecule has 6 nitrogen and oxygen atoms in total. The molecule has 6 heteroatoms. The van der Waals surface area contributed by atoms with Gasteiger partial charge in [0.15, 0.2) is 5.82 Å². The first-order chi connectivity index (χ1) is 9.08. The van der Waals surface area contributed by atoms with Crippen molar-refractivity contribution in [2.24, 2.45) is 4.99 Å². The Morgan fingerprint density at radius 2 is 1.74 bits per heavy atom. The standard InChI is InChI=1S/C13H16N2O4/c1-4-18-12(16)11(13(17)19-5-2)15-10-8-6-7-9(3)14-10/h6-8H,4-5H2,1-3H3. The summed E-state index contributed by atoms with van der Waals surface area (Å²) in [6.45, 7) is 5.38. The third kappa shape index (κ3) is 4.50. The molecule has 1 rings (SSSR count). The highest BCUT2D eigenvalue weighted by molar-refractivity contribution is 6.62. The summed E-state index contributed by atoms with van der Waals surface area (Å²) in [4.78, 5) is 31.3. The highest BCUT2D eigenvalue weighted by atomic mass is 16.6. The molecular formula is C13H16N2O4. The fraction of sp³-hybridized carbons (Fsp3) is 0.385. The lowest BCUT2D eigenvalue weighted by molar-refractivity contribution is -0.140. The van der Waals surface area contributed by atoms with Crippen LogP contribution < -0.4 is 0 Å². The van der Waals surface area contributed by atoms with E-state index in [1.165, 1.54) is 0 Å². The number of aliphatic imine (C=N–C) groups is 1. The molecule has 0 aromatic carbocycles.